The van der Waals surface area contributed by atoms with Crippen molar-refractivity contribution in [1.29, 1.82) is 0 Å². The van der Waals surface area contributed by atoms with Crippen molar-refractivity contribution >= 4 is 39.9 Å². The highest BCUT2D eigenvalue weighted by atomic mass is 15.4. The van der Waals surface area contributed by atoms with Gasteiger partial charge in [-0.2, -0.15) is 0 Å². The Morgan fingerprint density at radius 2 is 1.60 bits per heavy atom. The van der Waals surface area contributed by atoms with E-state index in [1.807, 2.05) is 12.1 Å². The SMILES string of the molecule is C1=CC2/C=c3/ccc4cc5ccc(cc6cc/c(n6[nH]n34)=C/C1=N2)[n-]5. The van der Waals surface area contributed by atoms with Gasteiger partial charge in [-0.05, 0) is 42.5 Å². The Morgan fingerprint density at radius 1 is 0.880 bits per heavy atom. The highest BCUT2D eigenvalue weighted by Crippen LogP contribution is 2.11. The van der Waals surface area contributed by atoms with Gasteiger partial charge in [0.25, 0.3) is 0 Å². The summed E-state index contributed by atoms with van der Waals surface area (Å²) in [5, 5.41) is 5.67. The van der Waals surface area contributed by atoms with Crippen molar-refractivity contribution in [1.82, 2.24) is 19.2 Å². The topological polar surface area (TPSA) is 51.1 Å². The van der Waals surface area contributed by atoms with Crippen LogP contribution in [0.15, 0.2) is 65.7 Å². The van der Waals surface area contributed by atoms with Crippen LogP contribution in [0.1, 0.15) is 0 Å². The minimum atomic E-state index is 0.0682. The Balaban J connectivity index is 1.96. The van der Waals surface area contributed by atoms with Crippen LogP contribution < -0.4 is 15.7 Å². The van der Waals surface area contributed by atoms with Gasteiger partial charge in [-0.3, -0.25) is 4.99 Å². The third-order valence-electron chi connectivity index (χ3n) is 4.76. The monoisotopic (exact) mass is 324 g/mol. The number of aromatic amines is 1. The van der Waals surface area contributed by atoms with Crippen LogP contribution in [0.4, 0.5) is 0 Å². The molecule has 6 bridgehead atoms. The summed E-state index contributed by atoms with van der Waals surface area (Å²) in [7, 11) is 0. The summed E-state index contributed by atoms with van der Waals surface area (Å²) in [6, 6.07) is 16.7. The lowest BCUT2D eigenvalue weighted by atomic mass is 10.3. The normalized spacial score (nSPS) is 20.6. The molecule has 0 aliphatic carbocycles. The van der Waals surface area contributed by atoms with Crippen LogP contribution in [0.3, 0.4) is 0 Å². The quantitative estimate of drug-likeness (QED) is 0.526. The zero-order chi connectivity index (χ0) is 16.4. The lowest BCUT2D eigenvalue weighted by Crippen LogP contribution is -2.21. The Hall–Kier alpha value is -3.47. The molecular formula is C20H14N5-. The average molecular weight is 324 g/mol. The van der Waals surface area contributed by atoms with Crippen LogP contribution in [0.2, 0.25) is 0 Å². The fourth-order valence-electron chi connectivity index (χ4n) is 3.56. The van der Waals surface area contributed by atoms with Gasteiger partial charge < -0.3 is 4.98 Å². The summed E-state index contributed by atoms with van der Waals surface area (Å²) < 4.78 is 4.16. The van der Waals surface area contributed by atoms with Crippen molar-refractivity contribution < 1.29 is 0 Å². The van der Waals surface area contributed by atoms with Crippen molar-refractivity contribution in [2.75, 3.05) is 0 Å². The number of aliphatic imine (C=N–C) groups is 1. The van der Waals surface area contributed by atoms with E-state index in [4.69, 9.17) is 9.98 Å². The van der Waals surface area contributed by atoms with Crippen molar-refractivity contribution in [2.24, 2.45) is 4.99 Å². The molecule has 0 radical (unpaired) electrons. The van der Waals surface area contributed by atoms with E-state index in [1.54, 1.807) is 0 Å². The van der Waals surface area contributed by atoms with Gasteiger partial charge in [-0.1, -0.05) is 30.3 Å². The second-order valence-electron chi connectivity index (χ2n) is 6.44. The van der Waals surface area contributed by atoms with Gasteiger partial charge in [0.15, 0.2) is 0 Å². The van der Waals surface area contributed by atoms with Gasteiger partial charge in [0.05, 0.1) is 33.5 Å². The number of nitrogens with zero attached hydrogens (tertiary/aromatic N) is 4. The van der Waals surface area contributed by atoms with Crippen LogP contribution in [0, 0.1) is 0 Å². The van der Waals surface area contributed by atoms with Gasteiger partial charge in [0.2, 0.25) is 0 Å². The summed E-state index contributed by atoms with van der Waals surface area (Å²) in [4.78, 5) is 9.47. The summed E-state index contributed by atoms with van der Waals surface area (Å²) in [5.74, 6) is 0. The van der Waals surface area contributed by atoms with Crippen molar-refractivity contribution in [2.45, 2.75) is 6.04 Å². The molecule has 120 valence electrons. The molecule has 1 N–H and O–H groups in total. The molecule has 6 heterocycles. The maximum absolute atomic E-state index is 4.77. The van der Waals surface area contributed by atoms with E-state index in [2.05, 4.69) is 74.9 Å². The highest BCUT2D eigenvalue weighted by Gasteiger charge is 2.08. The number of hydrogen-bond acceptors (Lipinski definition) is 1. The second kappa shape index (κ2) is 4.54. The summed E-state index contributed by atoms with van der Waals surface area (Å²) in [5.41, 5.74) is 5.00. The van der Waals surface area contributed by atoms with E-state index in [-0.39, 0.29) is 6.04 Å². The maximum Gasteiger partial charge on any atom is 0.0895 e. The maximum atomic E-state index is 4.77. The fraction of sp³-hybridized carbons (Fsp3) is 0.0500. The van der Waals surface area contributed by atoms with Gasteiger partial charge in [-0.25, -0.2) is 14.2 Å². The number of aromatic nitrogens is 4. The first-order chi connectivity index (χ1) is 12.3. The Labute approximate surface area is 142 Å². The first-order valence-electron chi connectivity index (χ1n) is 8.31. The summed E-state index contributed by atoms with van der Waals surface area (Å²) in [6.45, 7) is 0. The predicted octanol–water partition coefficient (Wildman–Crippen LogP) is 1.71. The first kappa shape index (κ1) is 12.9. The molecule has 2 aliphatic rings. The van der Waals surface area contributed by atoms with Crippen LogP contribution >= 0.6 is 0 Å². The Bertz CT molecular complexity index is 1400. The second-order valence-corrected chi connectivity index (χ2v) is 6.44. The molecule has 1 atom stereocenters. The van der Waals surface area contributed by atoms with E-state index in [1.165, 1.54) is 0 Å². The number of fused-ring (bicyclic) bond motifs is 3. The molecular weight excluding hydrogens is 310 g/mol. The van der Waals surface area contributed by atoms with Crippen LogP contribution in [-0.4, -0.2) is 26.0 Å². The zero-order valence-electron chi connectivity index (χ0n) is 13.3. The molecule has 0 fully saturated rings. The van der Waals surface area contributed by atoms with Crippen molar-refractivity contribution in [3.05, 3.63) is 71.4 Å². The first-order valence-corrected chi connectivity index (χ1v) is 8.31. The third-order valence-corrected chi connectivity index (χ3v) is 4.76. The largest absolute Gasteiger partial charge is 0.658 e. The number of allylic oxidation sites excluding steroid dienone is 1. The Kier molecular flexibility index (Phi) is 2.34. The molecule has 4 aromatic heterocycles. The molecule has 1 unspecified atom stereocenters. The number of nitrogens with one attached hydrogen (secondary N) is 1. The van der Waals surface area contributed by atoms with E-state index >= 15 is 0 Å². The molecule has 0 spiro atoms. The molecule has 0 aromatic carbocycles. The molecule has 6 rings (SSSR count). The van der Waals surface area contributed by atoms with Crippen molar-refractivity contribution in [3.63, 3.8) is 0 Å². The lowest BCUT2D eigenvalue weighted by molar-refractivity contribution is 0.744. The smallest absolute Gasteiger partial charge is 0.0895 e. The summed E-state index contributed by atoms with van der Waals surface area (Å²) >= 11 is 0. The van der Waals surface area contributed by atoms with E-state index < -0.39 is 0 Å². The van der Waals surface area contributed by atoms with Gasteiger partial charge in [-0.15, -0.1) is 11.0 Å². The van der Waals surface area contributed by atoms with Crippen molar-refractivity contribution in [3.8, 4) is 0 Å². The van der Waals surface area contributed by atoms with Gasteiger partial charge >= 0.3 is 0 Å². The molecule has 0 amide bonds. The van der Waals surface area contributed by atoms with Crippen LogP contribution in [0.25, 0.3) is 34.2 Å². The van der Waals surface area contributed by atoms with E-state index in [9.17, 15) is 0 Å². The predicted molar refractivity (Wildman–Crippen MR) is 99.7 cm³/mol. The molecule has 2 aliphatic heterocycles. The fourth-order valence-corrected chi connectivity index (χ4v) is 3.56. The third kappa shape index (κ3) is 1.92. The van der Waals surface area contributed by atoms with Gasteiger partial charge in [0.1, 0.15) is 0 Å². The zero-order valence-corrected chi connectivity index (χ0v) is 13.3. The number of rotatable bonds is 0. The molecule has 0 saturated carbocycles. The average Bonchev–Trinajstić information content (AvgIpc) is 3.37. The van der Waals surface area contributed by atoms with Crippen LogP contribution in [-0.2, 0) is 0 Å². The number of hydrogen-bond donors (Lipinski definition) is 1. The molecule has 5 heteroatoms. The molecule has 0 saturated heterocycles. The lowest BCUT2D eigenvalue weighted by Gasteiger charge is -2.04. The van der Waals surface area contributed by atoms with E-state index in [0.717, 1.165) is 38.5 Å². The van der Waals surface area contributed by atoms with Crippen LogP contribution in [0.5, 0.6) is 0 Å². The Morgan fingerprint density at radius 3 is 2.40 bits per heavy atom. The summed E-state index contributed by atoms with van der Waals surface area (Å²) in [6.07, 6.45) is 8.47. The molecule has 4 aromatic rings. The van der Waals surface area contributed by atoms with E-state index in [0.29, 0.717) is 0 Å². The minimum Gasteiger partial charge on any atom is -0.658 e. The molecule has 25 heavy (non-hydrogen) atoms. The standard InChI is InChI=1S/C20H14N5/c1-2-14-10-18-7-8-20-12-16-4-3-15(22-16)11-19-6-5-17(9-13(1)21-14)24(19)23-25(18)20/h1-13,23H/q-1/b17-9-,18-10-,19-11?,20-12?. The minimum absolute atomic E-state index is 0.0682. The highest BCUT2D eigenvalue weighted by molar-refractivity contribution is 6.18. The molecule has 5 nitrogen and oxygen atoms in total. The van der Waals surface area contributed by atoms with Gasteiger partial charge in [0, 0.05) is 0 Å². The number of H-pyrrole nitrogens is 1.